The maximum atomic E-state index is 6.29. The molecular formula is C20H22N4O. The summed E-state index contributed by atoms with van der Waals surface area (Å²) in [6.45, 7) is 4.57. The third-order valence-corrected chi connectivity index (χ3v) is 3.86. The fourth-order valence-electron chi connectivity index (χ4n) is 2.56. The number of benzene rings is 2. The summed E-state index contributed by atoms with van der Waals surface area (Å²) in [7, 11) is 1.96. The molecule has 1 heterocycles. The fraction of sp³-hybridized carbons (Fsp3) is 0.200. The molecule has 25 heavy (non-hydrogen) atoms. The second kappa shape index (κ2) is 7.21. The standard InChI is InChI=1S/C20H22N4O/c1-14-9-11-17(12-10-14)25-20-18(21)19(22-15(2)23-20)24(3)13-16-7-5-4-6-8-16/h4-12H,13,21H2,1-3H3. The van der Waals surface area contributed by atoms with Crippen LogP contribution in [0.15, 0.2) is 54.6 Å². The first kappa shape index (κ1) is 16.8. The molecule has 5 nitrogen and oxygen atoms in total. The van der Waals surface area contributed by atoms with Crippen LogP contribution in [0.4, 0.5) is 11.5 Å². The van der Waals surface area contributed by atoms with E-state index in [1.807, 2.05) is 68.3 Å². The summed E-state index contributed by atoms with van der Waals surface area (Å²) in [5, 5.41) is 0. The molecule has 0 aliphatic rings. The number of aromatic nitrogens is 2. The van der Waals surface area contributed by atoms with Gasteiger partial charge in [-0.3, -0.25) is 0 Å². The molecule has 3 rings (SSSR count). The highest BCUT2D eigenvalue weighted by Gasteiger charge is 2.16. The number of aryl methyl sites for hydroxylation is 2. The van der Waals surface area contributed by atoms with Gasteiger partial charge in [-0.15, -0.1) is 0 Å². The third-order valence-electron chi connectivity index (χ3n) is 3.86. The van der Waals surface area contributed by atoms with Crippen molar-refractivity contribution in [1.82, 2.24) is 9.97 Å². The Bertz CT molecular complexity index is 848. The van der Waals surface area contributed by atoms with Gasteiger partial charge >= 0.3 is 0 Å². The zero-order valence-corrected chi connectivity index (χ0v) is 14.7. The van der Waals surface area contributed by atoms with Gasteiger partial charge in [0, 0.05) is 13.6 Å². The van der Waals surface area contributed by atoms with Gasteiger partial charge in [0.25, 0.3) is 0 Å². The van der Waals surface area contributed by atoms with Crippen molar-refractivity contribution in [2.45, 2.75) is 20.4 Å². The largest absolute Gasteiger partial charge is 0.437 e. The van der Waals surface area contributed by atoms with Gasteiger partial charge in [0.15, 0.2) is 5.82 Å². The lowest BCUT2D eigenvalue weighted by Gasteiger charge is -2.21. The molecule has 0 atom stereocenters. The minimum Gasteiger partial charge on any atom is -0.437 e. The molecule has 1 aromatic heterocycles. The Morgan fingerprint density at radius 3 is 2.32 bits per heavy atom. The van der Waals surface area contributed by atoms with E-state index in [4.69, 9.17) is 10.5 Å². The summed E-state index contributed by atoms with van der Waals surface area (Å²) in [6, 6.07) is 18.0. The summed E-state index contributed by atoms with van der Waals surface area (Å²) >= 11 is 0. The van der Waals surface area contributed by atoms with Crippen molar-refractivity contribution in [2.24, 2.45) is 0 Å². The highest BCUT2D eigenvalue weighted by Crippen LogP contribution is 2.32. The number of nitrogens with two attached hydrogens (primary N) is 1. The first-order valence-corrected chi connectivity index (χ1v) is 8.16. The summed E-state index contributed by atoms with van der Waals surface area (Å²) < 4.78 is 5.88. The molecule has 128 valence electrons. The molecule has 0 saturated carbocycles. The Morgan fingerprint density at radius 2 is 1.64 bits per heavy atom. The molecule has 0 aliphatic carbocycles. The van der Waals surface area contributed by atoms with Gasteiger partial charge in [0.05, 0.1) is 0 Å². The molecule has 5 heteroatoms. The molecule has 3 aromatic rings. The molecule has 0 amide bonds. The Kier molecular flexibility index (Phi) is 4.84. The van der Waals surface area contributed by atoms with Gasteiger partial charge in [-0.1, -0.05) is 48.0 Å². The van der Waals surface area contributed by atoms with E-state index in [-0.39, 0.29) is 0 Å². The minimum atomic E-state index is 0.381. The second-order valence-electron chi connectivity index (χ2n) is 6.07. The van der Waals surface area contributed by atoms with Crippen LogP contribution in [0.1, 0.15) is 17.0 Å². The van der Waals surface area contributed by atoms with E-state index in [9.17, 15) is 0 Å². The number of ether oxygens (including phenoxy) is 1. The molecule has 0 bridgehead atoms. The Labute approximate surface area is 148 Å². The van der Waals surface area contributed by atoms with Crippen LogP contribution in [-0.2, 0) is 6.54 Å². The van der Waals surface area contributed by atoms with Crippen LogP contribution in [0.2, 0.25) is 0 Å². The van der Waals surface area contributed by atoms with Crippen molar-refractivity contribution in [3.8, 4) is 11.6 Å². The zero-order valence-electron chi connectivity index (χ0n) is 14.7. The lowest BCUT2D eigenvalue weighted by Crippen LogP contribution is -2.20. The van der Waals surface area contributed by atoms with E-state index < -0.39 is 0 Å². The van der Waals surface area contributed by atoms with Gasteiger partial charge in [0.1, 0.15) is 17.3 Å². The minimum absolute atomic E-state index is 0.381. The topological polar surface area (TPSA) is 64.3 Å². The predicted molar refractivity (Wildman–Crippen MR) is 101 cm³/mol. The number of hydrogen-bond donors (Lipinski definition) is 1. The van der Waals surface area contributed by atoms with Crippen molar-refractivity contribution in [3.63, 3.8) is 0 Å². The van der Waals surface area contributed by atoms with Gasteiger partial charge < -0.3 is 15.4 Å². The van der Waals surface area contributed by atoms with E-state index in [0.717, 1.165) is 0 Å². The third kappa shape index (κ3) is 4.07. The van der Waals surface area contributed by atoms with Crippen LogP contribution in [0.25, 0.3) is 0 Å². The van der Waals surface area contributed by atoms with Crippen molar-refractivity contribution in [2.75, 3.05) is 17.7 Å². The van der Waals surface area contributed by atoms with E-state index in [1.165, 1.54) is 11.1 Å². The maximum Gasteiger partial charge on any atom is 0.248 e. The van der Waals surface area contributed by atoms with E-state index in [1.54, 1.807) is 0 Å². The fourth-order valence-corrected chi connectivity index (χ4v) is 2.56. The Hall–Kier alpha value is -3.08. The van der Waals surface area contributed by atoms with Gasteiger partial charge in [-0.2, -0.15) is 4.98 Å². The first-order chi connectivity index (χ1) is 12.0. The smallest absolute Gasteiger partial charge is 0.248 e. The number of hydrogen-bond acceptors (Lipinski definition) is 5. The Balaban J connectivity index is 1.87. The maximum absolute atomic E-state index is 6.29. The van der Waals surface area contributed by atoms with Crippen molar-refractivity contribution >= 4 is 11.5 Å². The molecule has 0 fully saturated rings. The van der Waals surface area contributed by atoms with Crippen LogP contribution in [0, 0.1) is 13.8 Å². The van der Waals surface area contributed by atoms with Gasteiger partial charge in [-0.25, -0.2) is 4.98 Å². The zero-order chi connectivity index (χ0) is 17.8. The number of nitrogens with zero attached hydrogens (tertiary/aromatic N) is 3. The highest BCUT2D eigenvalue weighted by atomic mass is 16.5. The van der Waals surface area contributed by atoms with Crippen molar-refractivity contribution < 1.29 is 4.74 Å². The summed E-state index contributed by atoms with van der Waals surface area (Å²) in [6.07, 6.45) is 0. The molecule has 2 N–H and O–H groups in total. The van der Waals surface area contributed by atoms with E-state index >= 15 is 0 Å². The Morgan fingerprint density at radius 1 is 0.960 bits per heavy atom. The molecule has 0 radical (unpaired) electrons. The SMILES string of the molecule is Cc1ccc(Oc2nc(C)nc(N(C)Cc3ccccc3)c2N)cc1. The number of nitrogen functional groups attached to an aromatic ring is 1. The van der Waals surface area contributed by atoms with Gasteiger partial charge in [-0.05, 0) is 31.5 Å². The van der Waals surface area contributed by atoms with Crippen molar-refractivity contribution in [1.29, 1.82) is 0 Å². The number of rotatable bonds is 5. The summed E-state index contributed by atoms with van der Waals surface area (Å²) in [4.78, 5) is 10.9. The van der Waals surface area contributed by atoms with Gasteiger partial charge in [0.2, 0.25) is 5.88 Å². The molecule has 0 unspecified atom stereocenters. The average Bonchev–Trinajstić information content (AvgIpc) is 2.60. The second-order valence-corrected chi connectivity index (χ2v) is 6.07. The monoisotopic (exact) mass is 334 g/mol. The van der Waals surface area contributed by atoms with E-state index in [2.05, 4.69) is 22.1 Å². The lowest BCUT2D eigenvalue weighted by atomic mass is 10.2. The van der Waals surface area contributed by atoms with Crippen LogP contribution < -0.4 is 15.4 Å². The van der Waals surface area contributed by atoms with Crippen LogP contribution in [-0.4, -0.2) is 17.0 Å². The van der Waals surface area contributed by atoms with Crippen molar-refractivity contribution in [3.05, 3.63) is 71.5 Å². The molecular weight excluding hydrogens is 312 g/mol. The molecule has 0 aliphatic heterocycles. The summed E-state index contributed by atoms with van der Waals surface area (Å²) in [5.74, 6) is 2.36. The number of anilines is 2. The quantitative estimate of drug-likeness (QED) is 0.761. The lowest BCUT2D eigenvalue weighted by molar-refractivity contribution is 0.462. The van der Waals surface area contributed by atoms with Crippen LogP contribution in [0.3, 0.4) is 0 Å². The van der Waals surface area contributed by atoms with Crippen LogP contribution in [0.5, 0.6) is 11.6 Å². The first-order valence-electron chi connectivity index (χ1n) is 8.16. The molecule has 0 saturated heterocycles. The predicted octanol–water partition coefficient (Wildman–Crippen LogP) is 4.10. The molecule has 0 spiro atoms. The van der Waals surface area contributed by atoms with Crippen LogP contribution >= 0.6 is 0 Å². The summed E-state index contributed by atoms with van der Waals surface area (Å²) in [5.41, 5.74) is 9.08. The highest BCUT2D eigenvalue weighted by molar-refractivity contribution is 5.68. The average molecular weight is 334 g/mol. The van der Waals surface area contributed by atoms with E-state index in [0.29, 0.717) is 35.5 Å². The molecule has 2 aromatic carbocycles. The normalized spacial score (nSPS) is 10.5.